The molecule has 1 aliphatic heterocycles. The molecule has 0 aliphatic carbocycles. The molecule has 2 aromatic rings. The van der Waals surface area contributed by atoms with Gasteiger partial charge in [0.25, 0.3) is 5.56 Å². The predicted molar refractivity (Wildman–Crippen MR) is 55.0 cm³/mol. The van der Waals surface area contributed by atoms with Gasteiger partial charge in [-0.15, -0.1) is 0 Å². The lowest BCUT2D eigenvalue weighted by Crippen LogP contribution is -2.17. The Bertz CT molecular complexity index is 628. The molecule has 3 rings (SSSR count). The van der Waals surface area contributed by atoms with E-state index >= 15 is 0 Å². The molecule has 1 aromatic heterocycles. The lowest BCUT2D eigenvalue weighted by Gasteiger charge is -2.05. The number of carbonyl (C=O) groups is 1. The molecule has 4 heteroatoms. The Balaban J connectivity index is 2.56. The molecule has 1 aromatic carbocycles. The Hall–Kier alpha value is -1.97. The van der Waals surface area contributed by atoms with Crippen molar-refractivity contribution < 1.29 is 4.79 Å². The first kappa shape index (κ1) is 8.35. The zero-order chi connectivity index (χ0) is 10.4. The fraction of sp³-hybridized carbons (Fsp3) is 0.182. The number of aromatic nitrogens is 2. The second-order valence-electron chi connectivity index (χ2n) is 3.58. The van der Waals surface area contributed by atoms with Gasteiger partial charge in [-0.2, -0.15) is 4.98 Å². The van der Waals surface area contributed by atoms with E-state index in [4.69, 9.17) is 0 Å². The molecule has 0 spiro atoms. The summed E-state index contributed by atoms with van der Waals surface area (Å²) in [5.41, 5.74) is 0.432. The molecule has 4 nitrogen and oxygen atoms in total. The van der Waals surface area contributed by atoms with Crippen LogP contribution >= 0.6 is 0 Å². The minimum Gasteiger partial charge on any atom is -0.274 e. The quantitative estimate of drug-likeness (QED) is 0.637. The molecular weight excluding hydrogens is 192 g/mol. The fourth-order valence-electron chi connectivity index (χ4n) is 1.99. The van der Waals surface area contributed by atoms with Gasteiger partial charge < -0.3 is 0 Å². The van der Waals surface area contributed by atoms with Gasteiger partial charge >= 0.3 is 0 Å². The van der Waals surface area contributed by atoms with Crippen LogP contribution in [0.3, 0.4) is 0 Å². The van der Waals surface area contributed by atoms with Crippen LogP contribution in [0, 0.1) is 0 Å². The number of carbonyl (C=O) groups excluding carboxylic acids is 1. The molecule has 0 bridgehead atoms. The summed E-state index contributed by atoms with van der Waals surface area (Å²) in [6, 6.07) is 7.08. The predicted octanol–water partition coefficient (Wildman–Crippen LogP) is 0.983. The van der Waals surface area contributed by atoms with Gasteiger partial charge in [-0.25, -0.2) is 0 Å². The van der Waals surface area contributed by atoms with Gasteiger partial charge in [-0.1, -0.05) is 12.1 Å². The number of benzene rings is 1. The third-order valence-electron chi connectivity index (χ3n) is 2.68. The minimum atomic E-state index is -0.244. The molecule has 0 unspecified atom stereocenters. The number of rotatable bonds is 0. The largest absolute Gasteiger partial charge is 0.280 e. The first-order valence-corrected chi connectivity index (χ1v) is 4.81. The van der Waals surface area contributed by atoms with Crippen molar-refractivity contribution in [2.75, 3.05) is 0 Å². The monoisotopic (exact) mass is 200 g/mol. The van der Waals surface area contributed by atoms with Crippen molar-refractivity contribution in [2.45, 2.75) is 12.8 Å². The van der Waals surface area contributed by atoms with Gasteiger partial charge in [-0.3, -0.25) is 14.2 Å². The molecule has 74 valence electrons. The smallest absolute Gasteiger partial charge is 0.274 e. The van der Waals surface area contributed by atoms with E-state index in [0.29, 0.717) is 29.6 Å². The van der Waals surface area contributed by atoms with Crippen LogP contribution in [0.15, 0.2) is 29.1 Å². The van der Waals surface area contributed by atoms with Gasteiger partial charge in [0.2, 0.25) is 5.91 Å². The maximum Gasteiger partial charge on any atom is 0.280 e. The van der Waals surface area contributed by atoms with Crippen LogP contribution in [0.2, 0.25) is 0 Å². The molecule has 0 N–H and O–H groups in total. The number of nitrogens with zero attached hydrogens (tertiary/aromatic N) is 2. The van der Waals surface area contributed by atoms with E-state index in [1.807, 2.05) is 6.07 Å². The summed E-state index contributed by atoms with van der Waals surface area (Å²) in [6.07, 6.45) is 1.01. The Labute approximate surface area is 85.2 Å². The van der Waals surface area contributed by atoms with E-state index in [9.17, 15) is 9.59 Å². The van der Waals surface area contributed by atoms with E-state index in [-0.39, 0.29) is 11.5 Å². The van der Waals surface area contributed by atoms with Crippen LogP contribution in [-0.2, 0) is 6.42 Å². The zero-order valence-corrected chi connectivity index (χ0v) is 7.93. The number of hydrogen-bond acceptors (Lipinski definition) is 3. The Morgan fingerprint density at radius 3 is 2.80 bits per heavy atom. The zero-order valence-electron chi connectivity index (χ0n) is 7.93. The lowest BCUT2D eigenvalue weighted by atomic mass is 10.2. The van der Waals surface area contributed by atoms with Crippen molar-refractivity contribution in [1.29, 1.82) is 0 Å². The van der Waals surface area contributed by atoms with E-state index in [0.717, 1.165) is 0 Å². The molecule has 0 radical (unpaired) electrons. The standard InChI is InChI=1S/C11H8N2O2/c14-10-6-5-9-12-11(15)7-3-1-2-4-8(7)13(9)10/h1-4H,5-6H2. The average molecular weight is 200 g/mol. The average Bonchev–Trinajstić information content (AvgIpc) is 2.61. The van der Waals surface area contributed by atoms with Crippen LogP contribution in [0.1, 0.15) is 17.0 Å². The highest BCUT2D eigenvalue weighted by Crippen LogP contribution is 2.17. The first-order chi connectivity index (χ1) is 7.27. The van der Waals surface area contributed by atoms with Gasteiger partial charge in [0.05, 0.1) is 10.9 Å². The van der Waals surface area contributed by atoms with Crippen molar-refractivity contribution in [3.05, 3.63) is 40.4 Å². The maximum absolute atomic E-state index is 11.6. The summed E-state index contributed by atoms with van der Waals surface area (Å²) in [4.78, 5) is 27.1. The summed E-state index contributed by atoms with van der Waals surface area (Å²) >= 11 is 0. The fourth-order valence-corrected chi connectivity index (χ4v) is 1.99. The molecule has 1 aliphatic rings. The first-order valence-electron chi connectivity index (χ1n) is 4.81. The summed E-state index contributed by atoms with van der Waals surface area (Å²) in [5.74, 6) is 0.609. The summed E-state index contributed by atoms with van der Waals surface area (Å²) in [5, 5.41) is 0.511. The minimum absolute atomic E-state index is 0.0219. The van der Waals surface area contributed by atoms with Crippen molar-refractivity contribution in [3.8, 4) is 0 Å². The van der Waals surface area contributed by atoms with Gasteiger partial charge in [0, 0.05) is 12.8 Å². The third-order valence-corrected chi connectivity index (χ3v) is 2.68. The molecule has 0 atom stereocenters. The van der Waals surface area contributed by atoms with Crippen molar-refractivity contribution in [3.63, 3.8) is 0 Å². The second kappa shape index (κ2) is 2.76. The lowest BCUT2D eigenvalue weighted by molar-refractivity contribution is 0.0928. The topological polar surface area (TPSA) is 52.0 Å². The highest BCUT2D eigenvalue weighted by molar-refractivity contribution is 5.92. The molecular formula is C11H8N2O2. The van der Waals surface area contributed by atoms with Crippen molar-refractivity contribution in [2.24, 2.45) is 0 Å². The van der Waals surface area contributed by atoms with Gasteiger partial charge in [0.1, 0.15) is 5.82 Å². The number of hydrogen-bond donors (Lipinski definition) is 0. The van der Waals surface area contributed by atoms with Crippen molar-refractivity contribution in [1.82, 2.24) is 9.55 Å². The number of para-hydroxylation sites is 1. The SMILES string of the molecule is O=C1CCc2nc(=O)c3ccccc3n21. The Morgan fingerprint density at radius 2 is 1.93 bits per heavy atom. The van der Waals surface area contributed by atoms with Crippen LogP contribution in [-0.4, -0.2) is 15.5 Å². The molecule has 0 fully saturated rings. The van der Waals surface area contributed by atoms with Crippen LogP contribution < -0.4 is 5.56 Å². The van der Waals surface area contributed by atoms with Crippen molar-refractivity contribution >= 4 is 16.8 Å². The molecule has 0 saturated heterocycles. The second-order valence-corrected chi connectivity index (χ2v) is 3.58. The highest BCUT2D eigenvalue weighted by Gasteiger charge is 2.22. The summed E-state index contributed by atoms with van der Waals surface area (Å²) in [6.45, 7) is 0. The summed E-state index contributed by atoms with van der Waals surface area (Å²) in [7, 11) is 0. The van der Waals surface area contributed by atoms with E-state index in [2.05, 4.69) is 4.98 Å². The van der Waals surface area contributed by atoms with Gasteiger partial charge in [0.15, 0.2) is 0 Å². The van der Waals surface area contributed by atoms with E-state index < -0.39 is 0 Å². The Kier molecular flexibility index (Phi) is 1.54. The molecule has 2 heterocycles. The highest BCUT2D eigenvalue weighted by atomic mass is 16.2. The normalized spacial score (nSPS) is 14.5. The number of fused-ring (bicyclic) bond motifs is 3. The molecule has 0 saturated carbocycles. The third kappa shape index (κ3) is 1.05. The van der Waals surface area contributed by atoms with Gasteiger partial charge in [-0.05, 0) is 12.1 Å². The Morgan fingerprint density at radius 1 is 1.13 bits per heavy atom. The molecule has 0 amide bonds. The van der Waals surface area contributed by atoms with Crippen LogP contribution in [0.4, 0.5) is 0 Å². The molecule has 15 heavy (non-hydrogen) atoms. The van der Waals surface area contributed by atoms with E-state index in [1.54, 1.807) is 22.8 Å². The maximum atomic E-state index is 11.6. The number of aryl methyl sites for hydroxylation is 1. The van der Waals surface area contributed by atoms with Crippen LogP contribution in [0.5, 0.6) is 0 Å². The summed E-state index contributed by atoms with van der Waals surface area (Å²) < 4.78 is 1.55. The van der Waals surface area contributed by atoms with E-state index in [1.165, 1.54) is 0 Å². The van der Waals surface area contributed by atoms with Crippen LogP contribution in [0.25, 0.3) is 10.9 Å².